The molecule has 2 aromatic heterocycles. The summed E-state index contributed by atoms with van der Waals surface area (Å²) in [6.45, 7) is 11.6. The molecule has 10 heteroatoms. The molecule has 0 aliphatic carbocycles. The van der Waals surface area contributed by atoms with E-state index in [9.17, 15) is 9.82 Å². The van der Waals surface area contributed by atoms with Gasteiger partial charge >= 0.3 is 7.12 Å². The minimum Gasteiger partial charge on any atom is -0.440 e. The van der Waals surface area contributed by atoms with Crippen molar-refractivity contribution in [1.82, 2.24) is 4.98 Å². The molecule has 0 bridgehead atoms. The van der Waals surface area contributed by atoms with E-state index in [4.69, 9.17) is 20.8 Å². The van der Waals surface area contributed by atoms with Gasteiger partial charge in [0.2, 0.25) is 5.88 Å². The Morgan fingerprint density at radius 2 is 2.00 bits per heavy atom. The molecule has 0 amide bonds. The highest BCUT2D eigenvalue weighted by Crippen LogP contribution is 2.34. The summed E-state index contributed by atoms with van der Waals surface area (Å²) in [7, 11) is -1.22. The van der Waals surface area contributed by atoms with E-state index in [1.54, 1.807) is 12.3 Å². The molecule has 1 unspecified atom stereocenters. The van der Waals surface area contributed by atoms with Crippen LogP contribution in [0.2, 0.25) is 5.02 Å². The first-order chi connectivity index (χ1) is 19.2. The molecule has 0 radical (unpaired) electrons. The molecule has 3 heterocycles. The van der Waals surface area contributed by atoms with Crippen molar-refractivity contribution >= 4 is 52.9 Å². The number of nitrogens with zero attached hydrogens (tertiary/aromatic N) is 3. The second-order valence-electron chi connectivity index (χ2n) is 10.1. The number of rotatable bonds is 8. The van der Waals surface area contributed by atoms with Crippen LogP contribution < -0.4 is 21.1 Å². The smallest absolute Gasteiger partial charge is 0.440 e. The van der Waals surface area contributed by atoms with E-state index in [1.165, 1.54) is 6.21 Å². The second kappa shape index (κ2) is 11.4. The van der Waals surface area contributed by atoms with E-state index >= 15 is 0 Å². The molecule has 1 aliphatic heterocycles. The summed E-state index contributed by atoms with van der Waals surface area (Å²) in [6.07, 6.45) is 4.19. The molecular weight excluding hydrogens is 527 g/mol. The highest BCUT2D eigenvalue weighted by atomic mass is 35.5. The molecule has 0 saturated carbocycles. The minimum absolute atomic E-state index is 0.0125. The first-order valence-electron chi connectivity index (χ1n) is 13.5. The Morgan fingerprint density at radius 1 is 1.20 bits per heavy atom. The summed E-state index contributed by atoms with van der Waals surface area (Å²) >= 11 is 6.54. The lowest BCUT2D eigenvalue weighted by molar-refractivity contribution is 0.286. The average Bonchev–Trinajstić information content (AvgIpc) is 2.94. The maximum Gasteiger partial charge on any atom is 0.585 e. The predicted octanol–water partition coefficient (Wildman–Crippen LogP) is 5.59. The van der Waals surface area contributed by atoms with E-state index in [0.29, 0.717) is 44.2 Å². The van der Waals surface area contributed by atoms with Gasteiger partial charge in [0.25, 0.3) is 0 Å². The summed E-state index contributed by atoms with van der Waals surface area (Å²) in [5.41, 5.74) is 6.40. The van der Waals surface area contributed by atoms with Gasteiger partial charge in [-0.25, -0.2) is 0 Å². The number of anilines is 2. The number of oxime groups is 1. The van der Waals surface area contributed by atoms with Crippen LogP contribution in [0.3, 0.4) is 0 Å². The molecular formula is C30H32BClN4O4. The number of hydrogen-bond acceptors (Lipinski definition) is 8. The maximum atomic E-state index is 13.5. The van der Waals surface area contributed by atoms with Crippen LogP contribution in [0.5, 0.6) is 0 Å². The topological polar surface area (TPSA) is 100 Å². The van der Waals surface area contributed by atoms with Crippen LogP contribution in [0.25, 0.3) is 22.2 Å². The number of pyridine rings is 1. The Balaban J connectivity index is 1.59. The zero-order valence-electron chi connectivity index (χ0n) is 23.3. The van der Waals surface area contributed by atoms with Gasteiger partial charge in [-0.15, -0.1) is 5.16 Å². The molecule has 40 heavy (non-hydrogen) atoms. The number of nitrogens with one attached hydrogen (secondary N) is 1. The Morgan fingerprint density at radius 3 is 2.75 bits per heavy atom. The first-order valence-corrected chi connectivity index (χ1v) is 13.9. The molecule has 0 spiro atoms. The fourth-order valence-electron chi connectivity index (χ4n) is 5.26. The normalized spacial score (nSPS) is 13.2. The molecule has 2 aromatic carbocycles. The van der Waals surface area contributed by atoms with E-state index in [-0.39, 0.29) is 11.5 Å². The largest absolute Gasteiger partial charge is 0.585 e. The van der Waals surface area contributed by atoms with Gasteiger partial charge in [-0.05, 0) is 75.6 Å². The number of halogens is 1. The third-order valence-corrected chi connectivity index (χ3v) is 7.52. The van der Waals surface area contributed by atoms with Gasteiger partial charge in [0.05, 0.1) is 34.6 Å². The quantitative estimate of drug-likeness (QED) is 0.272. The van der Waals surface area contributed by atoms with Gasteiger partial charge in [-0.3, -0.25) is 9.78 Å². The molecule has 1 aliphatic rings. The molecule has 0 fully saturated rings. The van der Waals surface area contributed by atoms with Crippen molar-refractivity contribution < 1.29 is 14.2 Å². The van der Waals surface area contributed by atoms with Gasteiger partial charge < -0.3 is 24.4 Å². The van der Waals surface area contributed by atoms with Gasteiger partial charge in [-0.2, -0.15) is 0 Å². The lowest BCUT2D eigenvalue weighted by atomic mass is 9.75. The predicted molar refractivity (Wildman–Crippen MR) is 163 cm³/mol. The fourth-order valence-corrected chi connectivity index (χ4v) is 5.58. The maximum absolute atomic E-state index is 13.5. The Kier molecular flexibility index (Phi) is 7.87. The summed E-state index contributed by atoms with van der Waals surface area (Å²) in [5.74, 6) is 0.623. The zero-order valence-corrected chi connectivity index (χ0v) is 24.0. The lowest BCUT2D eigenvalue weighted by Crippen LogP contribution is -2.38. The van der Waals surface area contributed by atoms with Gasteiger partial charge in [-0.1, -0.05) is 24.6 Å². The SMILES string of the molecule is CCCN(CC)c1oc2c(C(C)Nc3cccnc3-c3cc(Cl)c4c(c3)C=NOB4O)cc(C)cc2c(=O)c1C. The van der Waals surface area contributed by atoms with Gasteiger partial charge in [0.1, 0.15) is 5.58 Å². The zero-order chi connectivity index (χ0) is 28.6. The standard InChI is InChI=1S/C30H32BClN4O4/c1-6-11-36(7-2)30-18(4)28(37)23-13-17(3)12-22(29(23)39-30)19(5)35-25-9-8-10-33-27(25)20-14-21-16-34-40-31(38)26(21)24(32)15-20/h8-10,12-16,19,35,38H,6-7,11H2,1-5H3. The van der Waals surface area contributed by atoms with Gasteiger partial charge in [0.15, 0.2) is 5.43 Å². The van der Waals surface area contributed by atoms with Crippen LogP contribution in [0, 0.1) is 13.8 Å². The Hall–Kier alpha value is -3.82. The molecule has 206 valence electrons. The highest BCUT2D eigenvalue weighted by molar-refractivity contribution is 6.65. The Bertz CT molecular complexity index is 1670. The number of aryl methyl sites for hydroxylation is 1. The fraction of sp³-hybridized carbons (Fsp3) is 0.300. The average molecular weight is 559 g/mol. The van der Waals surface area contributed by atoms with Crippen LogP contribution in [-0.4, -0.2) is 36.4 Å². The van der Waals surface area contributed by atoms with Crippen LogP contribution in [0.4, 0.5) is 11.6 Å². The van der Waals surface area contributed by atoms with Crippen molar-refractivity contribution in [2.45, 2.75) is 47.1 Å². The van der Waals surface area contributed by atoms with Crippen molar-refractivity contribution in [1.29, 1.82) is 0 Å². The van der Waals surface area contributed by atoms with Gasteiger partial charge in [0, 0.05) is 40.9 Å². The number of fused-ring (bicyclic) bond motifs is 2. The Labute approximate surface area is 238 Å². The number of hydrogen-bond donors (Lipinski definition) is 2. The molecule has 1 atom stereocenters. The molecule has 2 N–H and O–H groups in total. The summed E-state index contributed by atoms with van der Waals surface area (Å²) in [6, 6.07) is 11.2. The third-order valence-electron chi connectivity index (χ3n) is 7.21. The molecule has 5 rings (SSSR count). The first kappa shape index (κ1) is 27.7. The van der Waals surface area contributed by atoms with Crippen molar-refractivity contribution in [3.8, 4) is 11.3 Å². The summed E-state index contributed by atoms with van der Waals surface area (Å²) < 4.78 is 11.5. The summed E-state index contributed by atoms with van der Waals surface area (Å²) in [4.78, 5) is 20.3. The second-order valence-corrected chi connectivity index (χ2v) is 10.5. The van der Waals surface area contributed by atoms with Crippen molar-refractivity contribution in [2.75, 3.05) is 23.3 Å². The minimum atomic E-state index is -1.22. The number of aromatic nitrogens is 1. The third kappa shape index (κ3) is 5.07. The van der Waals surface area contributed by atoms with Crippen LogP contribution in [0.1, 0.15) is 55.5 Å². The van der Waals surface area contributed by atoms with Crippen LogP contribution in [-0.2, 0) is 4.76 Å². The highest BCUT2D eigenvalue weighted by Gasteiger charge is 2.29. The summed E-state index contributed by atoms with van der Waals surface area (Å²) in [5, 5.41) is 18.4. The van der Waals surface area contributed by atoms with E-state index in [0.717, 1.165) is 41.9 Å². The van der Waals surface area contributed by atoms with Crippen LogP contribution >= 0.6 is 11.6 Å². The van der Waals surface area contributed by atoms with Crippen LogP contribution in [0.15, 0.2) is 57.0 Å². The van der Waals surface area contributed by atoms with E-state index in [1.807, 2.05) is 45.0 Å². The lowest BCUT2D eigenvalue weighted by Gasteiger charge is -2.24. The van der Waals surface area contributed by atoms with Crippen molar-refractivity contribution in [3.05, 3.63) is 80.1 Å². The number of benzene rings is 2. The molecule has 0 saturated heterocycles. The van der Waals surface area contributed by atoms with E-state index < -0.39 is 7.12 Å². The van der Waals surface area contributed by atoms with Crippen molar-refractivity contribution in [3.63, 3.8) is 0 Å². The monoisotopic (exact) mass is 558 g/mol. The van der Waals surface area contributed by atoms with E-state index in [2.05, 4.69) is 40.3 Å². The van der Waals surface area contributed by atoms with Crippen molar-refractivity contribution in [2.24, 2.45) is 5.16 Å². The molecule has 8 nitrogen and oxygen atoms in total. The molecule has 4 aromatic rings.